The maximum Gasteiger partial charge on any atom is 0.289 e. The van der Waals surface area contributed by atoms with Gasteiger partial charge in [0.2, 0.25) is 0 Å². The lowest BCUT2D eigenvalue weighted by Crippen LogP contribution is -2.36. The molecule has 5 rings (SSSR count). The molecule has 1 saturated carbocycles. The minimum Gasteiger partial charge on any atom is -0.459 e. The molecule has 0 bridgehead atoms. The van der Waals surface area contributed by atoms with Gasteiger partial charge in [0, 0.05) is 13.1 Å². The molecule has 3 heterocycles. The molecule has 4 atom stereocenters. The van der Waals surface area contributed by atoms with Gasteiger partial charge in [0.15, 0.2) is 5.76 Å². The molecular weight excluding hydrogens is 330 g/mol. The molecule has 26 heavy (non-hydrogen) atoms. The first-order chi connectivity index (χ1) is 12.7. The second-order valence-corrected chi connectivity index (χ2v) is 7.45. The van der Waals surface area contributed by atoms with Crippen LogP contribution in [-0.2, 0) is 0 Å². The Balaban J connectivity index is 1.38. The summed E-state index contributed by atoms with van der Waals surface area (Å²) >= 11 is 0. The quantitative estimate of drug-likeness (QED) is 0.771. The fourth-order valence-electron chi connectivity index (χ4n) is 4.67. The molecule has 1 aliphatic carbocycles. The van der Waals surface area contributed by atoms with E-state index in [1.165, 1.54) is 6.26 Å². The van der Waals surface area contributed by atoms with Gasteiger partial charge in [0.05, 0.1) is 35.8 Å². The van der Waals surface area contributed by atoms with Crippen LogP contribution >= 0.6 is 0 Å². The number of nitrogens with zero attached hydrogens (tertiary/aromatic N) is 3. The largest absolute Gasteiger partial charge is 0.459 e. The van der Waals surface area contributed by atoms with Crippen LogP contribution in [0.5, 0.6) is 0 Å². The van der Waals surface area contributed by atoms with Crippen molar-refractivity contribution < 1.29 is 14.3 Å². The molecule has 1 aliphatic heterocycles. The Hall–Kier alpha value is -2.60. The Kier molecular flexibility index (Phi) is 3.60. The van der Waals surface area contributed by atoms with Crippen LogP contribution in [-0.4, -0.2) is 44.7 Å². The third-order valence-corrected chi connectivity index (χ3v) is 5.97. The van der Waals surface area contributed by atoms with Crippen molar-refractivity contribution in [2.45, 2.75) is 25.0 Å². The van der Waals surface area contributed by atoms with Crippen molar-refractivity contribution in [1.29, 1.82) is 0 Å². The van der Waals surface area contributed by atoms with Gasteiger partial charge in [-0.3, -0.25) is 4.79 Å². The molecular formula is C20H21N3O3. The number of aromatic nitrogens is 2. The van der Waals surface area contributed by atoms with Gasteiger partial charge in [-0.05, 0) is 48.9 Å². The van der Waals surface area contributed by atoms with Crippen LogP contribution in [0.2, 0.25) is 0 Å². The lowest BCUT2D eigenvalue weighted by Gasteiger charge is -2.36. The van der Waals surface area contributed by atoms with Crippen molar-refractivity contribution in [3.63, 3.8) is 0 Å². The molecule has 2 aromatic heterocycles. The number of aliphatic hydroxyl groups excluding tert-OH is 1. The monoisotopic (exact) mass is 351 g/mol. The summed E-state index contributed by atoms with van der Waals surface area (Å²) in [7, 11) is 0. The van der Waals surface area contributed by atoms with Crippen molar-refractivity contribution in [2.24, 2.45) is 11.8 Å². The number of benzene rings is 1. The van der Waals surface area contributed by atoms with Crippen LogP contribution in [0.3, 0.4) is 0 Å². The average molecular weight is 351 g/mol. The van der Waals surface area contributed by atoms with Crippen LogP contribution in [0.15, 0.2) is 53.4 Å². The summed E-state index contributed by atoms with van der Waals surface area (Å²) in [5, 5.41) is 10.8. The van der Waals surface area contributed by atoms with Crippen LogP contribution in [0, 0.1) is 11.8 Å². The highest BCUT2D eigenvalue weighted by Gasteiger charge is 2.44. The first kappa shape index (κ1) is 15.6. The number of hydrogen-bond acceptors (Lipinski definition) is 4. The van der Waals surface area contributed by atoms with Crippen molar-refractivity contribution in [1.82, 2.24) is 14.5 Å². The minimum atomic E-state index is -0.424. The molecule has 1 aromatic carbocycles. The first-order valence-electron chi connectivity index (χ1n) is 9.13. The molecule has 3 aromatic rings. The summed E-state index contributed by atoms with van der Waals surface area (Å²) in [5.74, 6) is 1.07. The number of likely N-dealkylation sites (tertiary alicyclic amines) is 1. The number of hydrogen-bond donors (Lipinski definition) is 1. The number of aliphatic hydroxyl groups is 1. The topological polar surface area (TPSA) is 71.5 Å². The summed E-state index contributed by atoms with van der Waals surface area (Å²) in [6, 6.07) is 11.5. The van der Waals surface area contributed by atoms with Gasteiger partial charge < -0.3 is 19.0 Å². The Morgan fingerprint density at radius 1 is 1.12 bits per heavy atom. The van der Waals surface area contributed by atoms with E-state index in [0.29, 0.717) is 30.6 Å². The molecule has 1 N–H and O–H groups in total. The van der Waals surface area contributed by atoms with Crippen molar-refractivity contribution in [3.8, 4) is 0 Å². The molecule has 0 unspecified atom stereocenters. The van der Waals surface area contributed by atoms with E-state index in [1.807, 2.05) is 35.5 Å². The van der Waals surface area contributed by atoms with E-state index < -0.39 is 6.10 Å². The molecule has 1 amide bonds. The van der Waals surface area contributed by atoms with Gasteiger partial charge >= 0.3 is 0 Å². The number of fused-ring (bicyclic) bond motifs is 2. The molecule has 1 saturated heterocycles. The summed E-state index contributed by atoms with van der Waals surface area (Å²) in [6.45, 7) is 1.42. The molecule has 6 heteroatoms. The van der Waals surface area contributed by atoms with Crippen LogP contribution in [0.25, 0.3) is 11.0 Å². The maximum absolute atomic E-state index is 12.6. The fourth-order valence-corrected chi connectivity index (χ4v) is 4.67. The summed E-state index contributed by atoms with van der Waals surface area (Å²) < 4.78 is 7.36. The van der Waals surface area contributed by atoms with Crippen LogP contribution < -0.4 is 0 Å². The predicted octanol–water partition coefficient (Wildman–Crippen LogP) is 2.71. The average Bonchev–Trinajstić information content (AvgIpc) is 3.39. The Morgan fingerprint density at radius 3 is 2.73 bits per heavy atom. The third-order valence-electron chi connectivity index (χ3n) is 5.97. The van der Waals surface area contributed by atoms with Crippen molar-refractivity contribution >= 4 is 16.9 Å². The van der Waals surface area contributed by atoms with E-state index >= 15 is 0 Å². The Bertz CT molecular complexity index is 933. The number of carbonyl (C=O) groups excluding carboxylic acids is 1. The van der Waals surface area contributed by atoms with Crippen LogP contribution in [0.1, 0.15) is 29.4 Å². The number of amides is 1. The first-order valence-corrected chi connectivity index (χ1v) is 9.13. The van der Waals surface area contributed by atoms with Gasteiger partial charge in [-0.25, -0.2) is 4.98 Å². The SMILES string of the molecule is O=C(c1ccco1)N1C[C@H]2C[C@@H](n3cnc4ccccc43)[C@H](O)C[C@H]2C1. The Morgan fingerprint density at radius 2 is 1.92 bits per heavy atom. The standard InChI is InChI=1S/C20H21N3O3/c24-18-9-14-11-22(20(25)19-6-3-7-26-19)10-13(14)8-17(18)23-12-21-15-4-1-2-5-16(15)23/h1-7,12-14,17-18,24H,8-11H2/t13-,14+,17-,18-/m1/s1. The number of para-hydroxylation sites is 2. The van der Waals surface area contributed by atoms with E-state index in [0.717, 1.165) is 24.0 Å². The van der Waals surface area contributed by atoms with Gasteiger partial charge in [0.1, 0.15) is 0 Å². The molecule has 0 spiro atoms. The zero-order chi connectivity index (χ0) is 17.7. The van der Waals surface area contributed by atoms with Gasteiger partial charge in [-0.15, -0.1) is 0 Å². The van der Waals surface area contributed by atoms with Gasteiger partial charge in [-0.2, -0.15) is 0 Å². The maximum atomic E-state index is 12.6. The fraction of sp³-hybridized carbons (Fsp3) is 0.400. The highest BCUT2D eigenvalue weighted by molar-refractivity contribution is 5.91. The van der Waals surface area contributed by atoms with E-state index in [-0.39, 0.29) is 11.9 Å². The Labute approximate surface area is 151 Å². The van der Waals surface area contributed by atoms with E-state index in [9.17, 15) is 9.90 Å². The zero-order valence-electron chi connectivity index (χ0n) is 14.4. The molecule has 6 nitrogen and oxygen atoms in total. The number of rotatable bonds is 2. The number of carbonyl (C=O) groups is 1. The molecule has 2 aliphatic rings. The highest BCUT2D eigenvalue weighted by atomic mass is 16.3. The molecule has 134 valence electrons. The van der Waals surface area contributed by atoms with Gasteiger partial charge in [0.25, 0.3) is 5.91 Å². The zero-order valence-corrected chi connectivity index (χ0v) is 14.4. The van der Waals surface area contributed by atoms with Crippen molar-refractivity contribution in [3.05, 3.63) is 54.7 Å². The predicted molar refractivity (Wildman–Crippen MR) is 95.6 cm³/mol. The second-order valence-electron chi connectivity index (χ2n) is 7.45. The highest BCUT2D eigenvalue weighted by Crippen LogP contribution is 2.42. The lowest BCUT2D eigenvalue weighted by atomic mass is 9.77. The number of imidazole rings is 1. The van der Waals surface area contributed by atoms with E-state index in [2.05, 4.69) is 9.55 Å². The summed E-state index contributed by atoms with van der Waals surface area (Å²) in [6.07, 6.45) is 4.50. The van der Waals surface area contributed by atoms with E-state index in [4.69, 9.17) is 4.42 Å². The lowest BCUT2D eigenvalue weighted by molar-refractivity contribution is 0.0374. The summed E-state index contributed by atoms with van der Waals surface area (Å²) in [5.41, 5.74) is 2.00. The number of furan rings is 1. The third kappa shape index (κ3) is 2.44. The second kappa shape index (κ2) is 5.99. The molecule has 2 fully saturated rings. The van der Waals surface area contributed by atoms with Gasteiger partial charge in [-0.1, -0.05) is 12.1 Å². The van der Waals surface area contributed by atoms with Crippen LogP contribution in [0.4, 0.5) is 0 Å². The van der Waals surface area contributed by atoms with E-state index in [1.54, 1.807) is 12.1 Å². The minimum absolute atomic E-state index is 0.00214. The normalized spacial score (nSPS) is 28.4. The molecule has 0 radical (unpaired) electrons. The summed E-state index contributed by atoms with van der Waals surface area (Å²) in [4.78, 5) is 18.9. The van der Waals surface area contributed by atoms with Crippen molar-refractivity contribution in [2.75, 3.05) is 13.1 Å². The smallest absolute Gasteiger partial charge is 0.289 e.